The van der Waals surface area contributed by atoms with Gasteiger partial charge in [-0.25, -0.2) is 4.39 Å². The third kappa shape index (κ3) is 5.44. The quantitative estimate of drug-likeness (QED) is 0.469. The molecule has 0 saturated carbocycles. The molecule has 186 valence electrons. The first-order valence-electron chi connectivity index (χ1n) is 11.8. The molecule has 3 aromatic carbocycles. The zero-order valence-corrected chi connectivity index (χ0v) is 21.1. The normalized spacial score (nSPS) is 17.3. The van der Waals surface area contributed by atoms with Gasteiger partial charge in [-0.05, 0) is 54.1 Å². The molecule has 1 saturated heterocycles. The SMILES string of the molecule is O=C1Nc2cc(C(=O)N3CCN(c4ccc(F)cc4)CC3)ccc2N[C@H]1CSCc1ccccc1Cl. The summed E-state index contributed by atoms with van der Waals surface area (Å²) in [7, 11) is 0. The standard InChI is InChI=1S/C27H26ClFN4O2S/c28-22-4-2-1-3-19(22)16-36-17-25-26(34)31-24-15-18(5-10-23(24)30-25)27(35)33-13-11-32(12-14-33)21-8-6-20(29)7-9-21/h1-10,15,25,30H,11-14,16-17H2,(H,31,34)/t25-/m0/s1. The van der Waals surface area contributed by atoms with E-state index in [2.05, 4.69) is 15.5 Å². The number of fused-ring (bicyclic) bond motifs is 1. The van der Waals surface area contributed by atoms with Gasteiger partial charge in [0.05, 0.1) is 11.4 Å². The Bertz CT molecular complexity index is 1260. The summed E-state index contributed by atoms with van der Waals surface area (Å²) in [5.41, 5.74) is 3.95. The summed E-state index contributed by atoms with van der Waals surface area (Å²) in [6.07, 6.45) is 0. The van der Waals surface area contributed by atoms with Crippen LogP contribution in [0.25, 0.3) is 0 Å². The summed E-state index contributed by atoms with van der Waals surface area (Å²) in [4.78, 5) is 29.8. The zero-order valence-electron chi connectivity index (χ0n) is 19.5. The van der Waals surface area contributed by atoms with Gasteiger partial charge in [0, 0.05) is 54.0 Å². The molecule has 2 amide bonds. The van der Waals surface area contributed by atoms with Crippen molar-refractivity contribution < 1.29 is 14.0 Å². The molecule has 0 aromatic heterocycles. The lowest BCUT2D eigenvalue weighted by molar-refractivity contribution is -0.116. The van der Waals surface area contributed by atoms with Gasteiger partial charge in [-0.2, -0.15) is 11.8 Å². The van der Waals surface area contributed by atoms with E-state index < -0.39 is 0 Å². The maximum Gasteiger partial charge on any atom is 0.254 e. The molecular weight excluding hydrogens is 499 g/mol. The number of nitrogens with zero attached hydrogens (tertiary/aromatic N) is 2. The number of benzene rings is 3. The van der Waals surface area contributed by atoms with E-state index in [0.29, 0.717) is 43.2 Å². The van der Waals surface area contributed by atoms with Crippen LogP contribution in [0, 0.1) is 5.82 Å². The molecule has 2 aliphatic heterocycles. The highest BCUT2D eigenvalue weighted by atomic mass is 35.5. The maximum absolute atomic E-state index is 13.2. The molecule has 36 heavy (non-hydrogen) atoms. The molecule has 2 N–H and O–H groups in total. The Morgan fingerprint density at radius 1 is 1.00 bits per heavy atom. The second-order valence-electron chi connectivity index (χ2n) is 8.81. The van der Waals surface area contributed by atoms with E-state index in [1.165, 1.54) is 12.1 Å². The number of hydrogen-bond donors (Lipinski definition) is 2. The fraction of sp³-hybridized carbons (Fsp3) is 0.259. The van der Waals surface area contributed by atoms with Gasteiger partial charge in [-0.3, -0.25) is 9.59 Å². The Morgan fingerprint density at radius 2 is 1.75 bits per heavy atom. The predicted octanol–water partition coefficient (Wildman–Crippen LogP) is 5.11. The summed E-state index contributed by atoms with van der Waals surface area (Å²) in [5, 5.41) is 6.98. The van der Waals surface area contributed by atoms with E-state index in [1.807, 2.05) is 35.2 Å². The summed E-state index contributed by atoms with van der Waals surface area (Å²) in [5.74, 6) is 0.869. The first-order valence-corrected chi connectivity index (χ1v) is 13.3. The molecule has 3 aromatic rings. The van der Waals surface area contributed by atoms with Crippen LogP contribution in [-0.4, -0.2) is 54.7 Å². The molecule has 2 aliphatic rings. The first kappa shape index (κ1) is 24.5. The smallest absolute Gasteiger partial charge is 0.254 e. The fourth-order valence-corrected chi connectivity index (χ4v) is 5.74. The van der Waals surface area contributed by atoms with Gasteiger partial charge in [0.25, 0.3) is 5.91 Å². The van der Waals surface area contributed by atoms with E-state index in [0.717, 1.165) is 27.7 Å². The maximum atomic E-state index is 13.2. The molecule has 2 heterocycles. The van der Waals surface area contributed by atoms with Crippen molar-refractivity contribution >= 4 is 52.2 Å². The number of carbonyl (C=O) groups excluding carboxylic acids is 2. The number of amides is 2. The van der Waals surface area contributed by atoms with E-state index in [9.17, 15) is 14.0 Å². The van der Waals surface area contributed by atoms with Gasteiger partial charge in [0.15, 0.2) is 0 Å². The number of halogens is 2. The Morgan fingerprint density at radius 3 is 2.50 bits per heavy atom. The minimum absolute atomic E-state index is 0.0665. The fourth-order valence-electron chi connectivity index (χ4n) is 4.40. The Hall–Kier alpha value is -3.23. The third-order valence-corrected chi connectivity index (χ3v) is 7.88. The van der Waals surface area contributed by atoms with Crippen LogP contribution >= 0.6 is 23.4 Å². The van der Waals surface area contributed by atoms with Gasteiger partial charge in [-0.15, -0.1) is 0 Å². The van der Waals surface area contributed by atoms with Crippen molar-refractivity contribution in [3.8, 4) is 0 Å². The molecule has 0 unspecified atom stereocenters. The van der Waals surface area contributed by atoms with Crippen LogP contribution in [0.4, 0.5) is 21.5 Å². The average Bonchev–Trinajstić information content (AvgIpc) is 2.90. The Labute approximate surface area is 218 Å². The Balaban J connectivity index is 1.17. The van der Waals surface area contributed by atoms with Gasteiger partial charge in [-0.1, -0.05) is 29.8 Å². The van der Waals surface area contributed by atoms with Crippen LogP contribution in [0.2, 0.25) is 5.02 Å². The highest BCUT2D eigenvalue weighted by Crippen LogP contribution is 2.30. The van der Waals surface area contributed by atoms with Crippen LogP contribution in [0.3, 0.4) is 0 Å². The lowest BCUT2D eigenvalue weighted by Crippen LogP contribution is -2.48. The van der Waals surface area contributed by atoms with Crippen LogP contribution in [-0.2, 0) is 10.5 Å². The molecule has 1 fully saturated rings. The highest BCUT2D eigenvalue weighted by molar-refractivity contribution is 7.98. The van der Waals surface area contributed by atoms with Crippen molar-refractivity contribution in [1.29, 1.82) is 0 Å². The van der Waals surface area contributed by atoms with Gasteiger partial charge in [0.2, 0.25) is 5.91 Å². The minimum Gasteiger partial charge on any atom is -0.371 e. The largest absolute Gasteiger partial charge is 0.371 e. The van der Waals surface area contributed by atoms with Crippen LogP contribution in [0.15, 0.2) is 66.7 Å². The number of thioether (sulfide) groups is 1. The number of carbonyl (C=O) groups is 2. The van der Waals surface area contributed by atoms with E-state index in [1.54, 1.807) is 36.0 Å². The van der Waals surface area contributed by atoms with Crippen molar-refractivity contribution in [3.05, 3.63) is 88.7 Å². The predicted molar refractivity (Wildman–Crippen MR) is 145 cm³/mol. The molecule has 5 rings (SSSR count). The Kier molecular flexibility index (Phi) is 7.34. The van der Waals surface area contributed by atoms with Gasteiger partial charge < -0.3 is 20.4 Å². The zero-order chi connectivity index (χ0) is 25.1. The summed E-state index contributed by atoms with van der Waals surface area (Å²) >= 11 is 7.86. The molecule has 0 radical (unpaired) electrons. The molecule has 0 spiro atoms. The van der Waals surface area contributed by atoms with Crippen molar-refractivity contribution in [3.63, 3.8) is 0 Å². The van der Waals surface area contributed by atoms with Gasteiger partial charge >= 0.3 is 0 Å². The lowest BCUT2D eigenvalue weighted by Gasteiger charge is -2.36. The molecule has 0 bridgehead atoms. The van der Waals surface area contributed by atoms with Crippen molar-refractivity contribution in [2.24, 2.45) is 0 Å². The monoisotopic (exact) mass is 524 g/mol. The third-order valence-electron chi connectivity index (χ3n) is 6.43. The second kappa shape index (κ2) is 10.8. The average molecular weight is 525 g/mol. The van der Waals surface area contributed by atoms with Crippen molar-refractivity contribution in [2.45, 2.75) is 11.8 Å². The molecule has 0 aliphatic carbocycles. The minimum atomic E-state index is -0.369. The van der Waals surface area contributed by atoms with E-state index in [4.69, 9.17) is 11.6 Å². The molecule has 9 heteroatoms. The number of hydrogen-bond acceptors (Lipinski definition) is 5. The molecule has 6 nitrogen and oxygen atoms in total. The van der Waals surface area contributed by atoms with Crippen molar-refractivity contribution in [2.75, 3.05) is 47.5 Å². The first-order chi connectivity index (χ1) is 17.5. The van der Waals surface area contributed by atoms with Crippen LogP contribution in [0.5, 0.6) is 0 Å². The molecule has 1 atom stereocenters. The van der Waals surface area contributed by atoms with Crippen LogP contribution in [0.1, 0.15) is 15.9 Å². The second-order valence-corrected chi connectivity index (χ2v) is 10.2. The van der Waals surface area contributed by atoms with Gasteiger partial charge in [0.1, 0.15) is 11.9 Å². The van der Waals surface area contributed by atoms with Crippen LogP contribution < -0.4 is 15.5 Å². The van der Waals surface area contributed by atoms with E-state index >= 15 is 0 Å². The number of rotatable bonds is 6. The highest BCUT2D eigenvalue weighted by Gasteiger charge is 2.28. The summed E-state index contributed by atoms with van der Waals surface area (Å²) < 4.78 is 13.2. The summed E-state index contributed by atoms with van der Waals surface area (Å²) in [6, 6.07) is 19.1. The number of nitrogens with one attached hydrogen (secondary N) is 2. The molecular formula is C27H26ClFN4O2S. The lowest BCUT2D eigenvalue weighted by atomic mass is 10.1. The van der Waals surface area contributed by atoms with E-state index in [-0.39, 0.29) is 23.7 Å². The topological polar surface area (TPSA) is 64.7 Å². The van der Waals surface area contributed by atoms with Crippen molar-refractivity contribution in [1.82, 2.24) is 4.90 Å². The number of anilines is 3. The summed E-state index contributed by atoms with van der Waals surface area (Å²) in [6.45, 7) is 2.49. The number of piperazine rings is 1.